The third-order valence-electron chi connectivity index (χ3n) is 5.56. The van der Waals surface area contributed by atoms with Crippen LogP contribution in [0.1, 0.15) is 64.7 Å². The molecule has 256 valence electrons. The van der Waals surface area contributed by atoms with Gasteiger partial charge in [-0.15, -0.1) is 0 Å². The van der Waals surface area contributed by atoms with Crippen molar-refractivity contribution in [2.75, 3.05) is 13.7 Å². The van der Waals surface area contributed by atoms with Crippen molar-refractivity contribution in [3.8, 4) is 0 Å². The van der Waals surface area contributed by atoms with Gasteiger partial charge >= 0.3 is 47.0 Å². The van der Waals surface area contributed by atoms with Gasteiger partial charge in [0.05, 0.1) is 0 Å². The SMILES string of the molecule is CCCCCCCCCCCO.CNS(=O)(=O)C(F)(F)C(F)(F)C(F)(F)C(F)(F)C(F)(F)C(F)(F)C(F)(F)C(F)(F)F. The minimum Gasteiger partial charge on any atom is -0.396 e. The zero-order valence-electron chi connectivity index (χ0n) is 21.7. The van der Waals surface area contributed by atoms with Gasteiger partial charge in [0.15, 0.2) is 0 Å². The fourth-order valence-corrected chi connectivity index (χ4v) is 3.59. The zero-order valence-corrected chi connectivity index (χ0v) is 22.5. The maximum Gasteiger partial charge on any atom is 0.460 e. The van der Waals surface area contributed by atoms with Crippen LogP contribution in [-0.4, -0.2) is 74.1 Å². The summed E-state index contributed by atoms with van der Waals surface area (Å²) in [4.78, 5) is 0. The Morgan fingerprint density at radius 2 is 0.786 bits per heavy atom. The molecule has 0 saturated heterocycles. The van der Waals surface area contributed by atoms with Crippen LogP contribution in [0.15, 0.2) is 0 Å². The number of aliphatic hydroxyl groups is 1. The summed E-state index contributed by atoms with van der Waals surface area (Å²) < 4.78 is 240. The highest BCUT2D eigenvalue weighted by Crippen LogP contribution is 2.64. The average Bonchev–Trinajstić information content (AvgIpc) is 2.84. The van der Waals surface area contributed by atoms with Crippen molar-refractivity contribution in [2.24, 2.45) is 0 Å². The molecule has 0 aromatic rings. The van der Waals surface area contributed by atoms with Gasteiger partial charge in [0.1, 0.15) is 0 Å². The van der Waals surface area contributed by atoms with Gasteiger partial charge in [0.2, 0.25) is 0 Å². The van der Waals surface area contributed by atoms with Crippen LogP contribution in [-0.2, 0) is 10.0 Å². The normalized spacial score (nSPS) is 15.0. The predicted octanol–water partition coefficient (Wildman–Crippen LogP) is 8.01. The van der Waals surface area contributed by atoms with Crippen LogP contribution < -0.4 is 4.72 Å². The van der Waals surface area contributed by atoms with E-state index >= 15 is 0 Å². The van der Waals surface area contributed by atoms with Gasteiger partial charge in [-0.05, 0) is 13.5 Å². The lowest BCUT2D eigenvalue weighted by Gasteiger charge is -2.42. The first kappa shape index (κ1) is 42.8. The molecule has 0 unspecified atom stereocenters. The Bertz CT molecular complexity index is 911. The molecule has 42 heavy (non-hydrogen) atoms. The van der Waals surface area contributed by atoms with Gasteiger partial charge < -0.3 is 5.11 Å². The third-order valence-corrected chi connectivity index (χ3v) is 7.03. The van der Waals surface area contributed by atoms with E-state index in [-0.39, 0.29) is 11.8 Å². The Balaban J connectivity index is 0. The summed E-state index contributed by atoms with van der Waals surface area (Å²) in [6.07, 6.45) is 3.99. The van der Waals surface area contributed by atoms with Crippen LogP contribution in [0.2, 0.25) is 0 Å². The van der Waals surface area contributed by atoms with Gasteiger partial charge in [0.25, 0.3) is 10.0 Å². The minimum absolute atomic E-state index is 0.184. The molecule has 2 N–H and O–H groups in total. The van der Waals surface area contributed by atoms with Crippen LogP contribution in [0, 0.1) is 0 Å². The van der Waals surface area contributed by atoms with Crippen molar-refractivity contribution >= 4 is 10.0 Å². The lowest BCUT2D eigenvalue weighted by Crippen LogP contribution is -2.75. The van der Waals surface area contributed by atoms with E-state index in [2.05, 4.69) is 6.92 Å². The van der Waals surface area contributed by atoms with Crippen molar-refractivity contribution in [1.82, 2.24) is 4.72 Å². The predicted molar refractivity (Wildman–Crippen MR) is 113 cm³/mol. The second-order valence-corrected chi connectivity index (χ2v) is 10.6. The third kappa shape index (κ3) is 8.03. The molecule has 0 amide bonds. The highest BCUT2D eigenvalue weighted by molar-refractivity contribution is 7.90. The molecule has 22 heteroatoms. The second-order valence-electron chi connectivity index (χ2n) is 8.72. The van der Waals surface area contributed by atoms with E-state index in [9.17, 15) is 83.1 Å². The molecule has 0 heterocycles. The number of unbranched alkanes of at least 4 members (excludes halogenated alkanes) is 8. The molecule has 0 fully saturated rings. The maximum absolute atomic E-state index is 13.2. The summed E-state index contributed by atoms with van der Waals surface area (Å²) in [5.41, 5.74) is 0. The Morgan fingerprint density at radius 1 is 0.500 bits per heavy atom. The molecular weight excluding hydrogens is 657 g/mol. The van der Waals surface area contributed by atoms with Crippen molar-refractivity contribution in [3.63, 3.8) is 0 Å². The first-order chi connectivity index (χ1) is 18.5. The molecule has 0 aromatic carbocycles. The minimum atomic E-state index is -8.81. The van der Waals surface area contributed by atoms with Crippen LogP contribution >= 0.6 is 0 Å². The van der Waals surface area contributed by atoms with Crippen molar-refractivity contribution < 1.29 is 88.2 Å². The summed E-state index contributed by atoms with van der Waals surface area (Å²) in [5.74, 6) is -51.4. The first-order valence-electron chi connectivity index (χ1n) is 11.7. The number of hydrogen-bond acceptors (Lipinski definition) is 3. The Hall–Kier alpha value is -1.32. The average molecular weight is 685 g/mol. The summed E-state index contributed by atoms with van der Waals surface area (Å²) in [6, 6.07) is 0. The fraction of sp³-hybridized carbons (Fsp3) is 1.00. The molecule has 4 nitrogen and oxygen atoms in total. The smallest absolute Gasteiger partial charge is 0.396 e. The molecule has 0 spiro atoms. The number of alkyl halides is 17. The molecule has 0 bridgehead atoms. The molecular formula is C20H28F17NO3S. The van der Waals surface area contributed by atoms with E-state index in [1.807, 2.05) is 0 Å². The quantitative estimate of drug-likeness (QED) is 0.121. The van der Waals surface area contributed by atoms with E-state index in [4.69, 9.17) is 5.11 Å². The molecule has 0 radical (unpaired) electrons. The maximum atomic E-state index is 13.2. The Labute approximate surface area is 229 Å². The molecule has 0 aromatic heterocycles. The molecule has 0 rings (SSSR count). The highest BCUT2D eigenvalue weighted by atomic mass is 32.2. The van der Waals surface area contributed by atoms with Crippen molar-refractivity contribution in [2.45, 2.75) is 112 Å². The summed E-state index contributed by atoms with van der Waals surface area (Å²) in [7, 11) is -7.36. The molecule has 0 aliphatic heterocycles. The van der Waals surface area contributed by atoms with Gasteiger partial charge in [-0.1, -0.05) is 58.3 Å². The number of hydrogen-bond donors (Lipinski definition) is 2. The van der Waals surface area contributed by atoms with E-state index in [1.165, 1.54) is 51.4 Å². The molecule has 0 aliphatic carbocycles. The summed E-state index contributed by atoms with van der Waals surface area (Å²) in [6.45, 7) is 2.62. The van der Waals surface area contributed by atoms with Crippen LogP contribution in [0.5, 0.6) is 0 Å². The van der Waals surface area contributed by atoms with Gasteiger partial charge in [-0.3, -0.25) is 0 Å². The van der Waals surface area contributed by atoms with Gasteiger partial charge in [-0.2, -0.15) is 74.6 Å². The summed E-state index contributed by atoms with van der Waals surface area (Å²) in [5, 5.41) is 1.04. The van der Waals surface area contributed by atoms with Crippen molar-refractivity contribution in [3.05, 3.63) is 0 Å². The largest absolute Gasteiger partial charge is 0.460 e. The van der Waals surface area contributed by atoms with E-state index in [1.54, 1.807) is 0 Å². The second kappa shape index (κ2) is 14.6. The molecule has 0 aliphatic rings. The van der Waals surface area contributed by atoms with Gasteiger partial charge in [0, 0.05) is 6.61 Å². The van der Waals surface area contributed by atoms with Crippen LogP contribution in [0.25, 0.3) is 0 Å². The Kier molecular flexibility index (Phi) is 14.9. The number of nitrogens with one attached hydrogen (secondary N) is 1. The van der Waals surface area contributed by atoms with Crippen molar-refractivity contribution in [1.29, 1.82) is 0 Å². The topological polar surface area (TPSA) is 66.4 Å². The van der Waals surface area contributed by atoms with Gasteiger partial charge in [-0.25, -0.2) is 13.1 Å². The molecule has 0 saturated carbocycles. The van der Waals surface area contributed by atoms with Crippen LogP contribution in [0.3, 0.4) is 0 Å². The monoisotopic (exact) mass is 685 g/mol. The molecule has 0 atom stereocenters. The highest BCUT2D eigenvalue weighted by Gasteiger charge is 2.96. The fourth-order valence-electron chi connectivity index (χ4n) is 2.87. The Morgan fingerprint density at radius 3 is 1.07 bits per heavy atom. The van der Waals surface area contributed by atoms with E-state index < -0.39 is 57.0 Å². The van der Waals surface area contributed by atoms with E-state index in [0.717, 1.165) is 6.42 Å². The van der Waals surface area contributed by atoms with E-state index in [0.29, 0.717) is 6.61 Å². The lowest BCUT2D eigenvalue weighted by atomic mass is 9.91. The number of aliphatic hydroxyl groups excluding tert-OH is 1. The first-order valence-corrected chi connectivity index (χ1v) is 13.2. The zero-order chi connectivity index (χ0) is 34.3. The standard InChI is InChI=1S/C11H24O.C9H4F17NO2S/c1-2-3-4-5-6-7-8-9-10-11-12;1-27-30(28,29)9(25,26)7(20,21)5(16,17)3(12,13)2(10,11)4(14,15)6(18,19)8(22,23)24/h12H,2-11H2,1H3;27H,1H3. The number of halogens is 17. The number of sulfonamides is 1. The van der Waals surface area contributed by atoms with Crippen LogP contribution in [0.4, 0.5) is 74.6 Å². The lowest BCUT2D eigenvalue weighted by molar-refractivity contribution is -0.458. The summed E-state index contributed by atoms with van der Waals surface area (Å²) >= 11 is 0. The number of rotatable bonds is 17.